The lowest BCUT2D eigenvalue weighted by molar-refractivity contribution is 0.408. The van der Waals surface area contributed by atoms with Crippen molar-refractivity contribution < 1.29 is 4.74 Å². The van der Waals surface area contributed by atoms with Crippen LogP contribution in [0.15, 0.2) is 42.6 Å². The van der Waals surface area contributed by atoms with Crippen LogP contribution in [0, 0.1) is 18.3 Å². The van der Waals surface area contributed by atoms with Gasteiger partial charge in [0.15, 0.2) is 0 Å². The van der Waals surface area contributed by atoms with Crippen LogP contribution in [0.2, 0.25) is 0 Å². The Morgan fingerprint density at radius 3 is 2.90 bits per heavy atom. The molecule has 6 heteroatoms. The number of nitriles is 1. The third-order valence-corrected chi connectivity index (χ3v) is 5.87. The highest BCUT2D eigenvalue weighted by Gasteiger charge is 2.20. The van der Waals surface area contributed by atoms with E-state index < -0.39 is 0 Å². The number of aryl methyl sites for hydroxylation is 1. The monoisotopic (exact) mass is 397 g/mol. The van der Waals surface area contributed by atoms with Crippen LogP contribution < -0.4 is 10.1 Å². The summed E-state index contributed by atoms with van der Waals surface area (Å²) >= 11 is 0. The zero-order valence-electron chi connectivity index (χ0n) is 17.1. The minimum Gasteiger partial charge on any atom is -0.496 e. The second-order valence-corrected chi connectivity index (χ2v) is 7.67. The first-order valence-corrected chi connectivity index (χ1v) is 10.1. The molecule has 150 valence electrons. The van der Waals surface area contributed by atoms with Crippen molar-refractivity contribution in [2.45, 2.75) is 19.9 Å². The Balaban J connectivity index is 1.73. The summed E-state index contributed by atoms with van der Waals surface area (Å²) in [5.74, 6) is 0.863. The third-order valence-electron chi connectivity index (χ3n) is 5.87. The fraction of sp³-hybridized carbons (Fsp3) is 0.250. The van der Waals surface area contributed by atoms with Gasteiger partial charge < -0.3 is 15.0 Å². The summed E-state index contributed by atoms with van der Waals surface area (Å²) in [5.41, 5.74) is 7.29. The first-order chi connectivity index (χ1) is 14.7. The number of H-pyrrole nitrogens is 1. The maximum Gasteiger partial charge on any atom is 0.124 e. The molecule has 0 radical (unpaired) electrons. The number of hydrogen-bond acceptors (Lipinski definition) is 4. The number of hydrogen-bond donors (Lipinski definition) is 2. The number of benzene rings is 2. The molecule has 0 fully saturated rings. The summed E-state index contributed by atoms with van der Waals surface area (Å²) in [7, 11) is 1.71. The maximum absolute atomic E-state index is 9.41. The van der Waals surface area contributed by atoms with Gasteiger partial charge in [0.2, 0.25) is 0 Å². The van der Waals surface area contributed by atoms with Crippen molar-refractivity contribution in [1.29, 1.82) is 5.26 Å². The van der Waals surface area contributed by atoms with E-state index in [1.807, 2.05) is 24.4 Å². The zero-order valence-corrected chi connectivity index (χ0v) is 17.1. The predicted molar refractivity (Wildman–Crippen MR) is 119 cm³/mol. The van der Waals surface area contributed by atoms with Crippen LogP contribution in [0.1, 0.15) is 28.8 Å². The van der Waals surface area contributed by atoms with Gasteiger partial charge in [0.05, 0.1) is 36.5 Å². The molecule has 3 heterocycles. The van der Waals surface area contributed by atoms with Gasteiger partial charge in [0.25, 0.3) is 0 Å². The largest absolute Gasteiger partial charge is 0.496 e. The molecule has 4 aromatic rings. The van der Waals surface area contributed by atoms with Crippen LogP contribution in [0.4, 0.5) is 0 Å². The minimum absolute atomic E-state index is 0.592. The molecular weight excluding hydrogens is 374 g/mol. The molecule has 0 saturated carbocycles. The number of aromatic amines is 1. The molecule has 0 spiro atoms. The molecular formula is C24H23N5O. The molecule has 2 aromatic heterocycles. The Hall–Kier alpha value is -3.56. The quantitative estimate of drug-likeness (QED) is 0.543. The van der Waals surface area contributed by atoms with Gasteiger partial charge in [0, 0.05) is 34.6 Å². The van der Waals surface area contributed by atoms with Crippen molar-refractivity contribution in [3.63, 3.8) is 0 Å². The molecule has 0 amide bonds. The molecule has 1 aliphatic heterocycles. The van der Waals surface area contributed by atoms with Crippen molar-refractivity contribution in [3.05, 3.63) is 65.0 Å². The Morgan fingerprint density at radius 1 is 1.23 bits per heavy atom. The summed E-state index contributed by atoms with van der Waals surface area (Å²) in [6.07, 6.45) is 5.13. The zero-order chi connectivity index (χ0) is 20.7. The highest BCUT2D eigenvalue weighted by molar-refractivity contribution is 5.92. The maximum atomic E-state index is 9.41. The summed E-state index contributed by atoms with van der Waals surface area (Å²) in [4.78, 5) is 3.34. The summed E-state index contributed by atoms with van der Waals surface area (Å²) in [6, 6.07) is 12.2. The minimum atomic E-state index is 0.592. The molecule has 30 heavy (non-hydrogen) atoms. The van der Waals surface area contributed by atoms with Gasteiger partial charge >= 0.3 is 0 Å². The Labute approximate surface area is 174 Å². The first kappa shape index (κ1) is 18.5. The first-order valence-electron chi connectivity index (χ1n) is 10.1. The van der Waals surface area contributed by atoms with Crippen molar-refractivity contribution in [3.8, 4) is 11.8 Å². The van der Waals surface area contributed by atoms with Gasteiger partial charge in [-0.3, -0.25) is 4.68 Å². The number of nitrogens with one attached hydrogen (secondary N) is 2. The number of fused-ring (bicyclic) bond motifs is 2. The lowest BCUT2D eigenvalue weighted by atomic mass is 10.0. The highest BCUT2D eigenvalue weighted by atomic mass is 16.5. The van der Waals surface area contributed by atoms with E-state index in [2.05, 4.69) is 46.2 Å². The summed E-state index contributed by atoms with van der Waals surface area (Å²) in [5, 5.41) is 19.9. The van der Waals surface area contributed by atoms with E-state index in [9.17, 15) is 5.26 Å². The molecule has 0 unspecified atom stereocenters. The number of methoxy groups -OCH3 is 1. The van der Waals surface area contributed by atoms with Crippen LogP contribution in [-0.2, 0) is 6.54 Å². The van der Waals surface area contributed by atoms with Gasteiger partial charge in [-0.15, -0.1) is 0 Å². The van der Waals surface area contributed by atoms with Gasteiger partial charge in [-0.2, -0.15) is 10.4 Å². The molecule has 5 rings (SSSR count). The fourth-order valence-corrected chi connectivity index (χ4v) is 4.42. The molecule has 2 N–H and O–H groups in total. The average Bonchev–Trinajstić information content (AvgIpc) is 3.40. The van der Waals surface area contributed by atoms with Crippen molar-refractivity contribution in [2.24, 2.45) is 0 Å². The molecule has 0 saturated heterocycles. The third kappa shape index (κ3) is 2.95. The highest BCUT2D eigenvalue weighted by Crippen LogP contribution is 2.34. The van der Waals surface area contributed by atoms with Crippen LogP contribution in [0.3, 0.4) is 0 Å². The molecule has 2 aromatic carbocycles. The number of aromatic nitrogens is 3. The van der Waals surface area contributed by atoms with E-state index in [0.717, 1.165) is 63.9 Å². The normalized spacial score (nSPS) is 14.1. The number of rotatable bonds is 4. The van der Waals surface area contributed by atoms with Gasteiger partial charge in [0.1, 0.15) is 5.75 Å². The van der Waals surface area contributed by atoms with Crippen molar-refractivity contribution in [2.75, 3.05) is 20.2 Å². The second-order valence-electron chi connectivity index (χ2n) is 7.67. The molecule has 6 nitrogen and oxygen atoms in total. The Morgan fingerprint density at radius 2 is 2.13 bits per heavy atom. The van der Waals surface area contributed by atoms with E-state index in [0.29, 0.717) is 12.1 Å². The molecule has 1 aliphatic rings. The van der Waals surface area contributed by atoms with E-state index in [4.69, 9.17) is 9.84 Å². The molecule has 0 aliphatic carbocycles. The topological polar surface area (TPSA) is 78.7 Å². The molecule has 0 atom stereocenters. The van der Waals surface area contributed by atoms with E-state index >= 15 is 0 Å². The lowest BCUT2D eigenvalue weighted by Crippen LogP contribution is -2.21. The molecule has 0 bridgehead atoms. The predicted octanol–water partition coefficient (Wildman–Crippen LogP) is 4.13. The summed E-state index contributed by atoms with van der Waals surface area (Å²) < 4.78 is 7.82. The fourth-order valence-electron chi connectivity index (χ4n) is 4.42. The standard InChI is InChI=1S/C24H23N5O/c1-15-11-22(30-2)20(18-7-10-27-23(15)18)14-29-24(17-5-8-26-9-6-17)19-12-16(13-25)3-4-21(19)28-29/h3-5,7,10-12,26-27H,6,8-9,14H2,1-2H3. The van der Waals surface area contributed by atoms with Crippen LogP contribution in [0.5, 0.6) is 5.75 Å². The Bertz CT molecular complexity index is 1340. The summed E-state index contributed by atoms with van der Waals surface area (Å²) in [6.45, 7) is 4.46. The van der Waals surface area contributed by atoms with E-state index in [-0.39, 0.29) is 0 Å². The van der Waals surface area contributed by atoms with Crippen molar-refractivity contribution >= 4 is 27.4 Å². The van der Waals surface area contributed by atoms with Gasteiger partial charge in [-0.05, 0) is 61.4 Å². The van der Waals surface area contributed by atoms with Crippen molar-refractivity contribution in [1.82, 2.24) is 20.1 Å². The SMILES string of the molecule is COc1cc(C)c2[nH]ccc2c1Cn1nc2ccc(C#N)cc2c1C1=CCNCC1. The van der Waals surface area contributed by atoms with Crippen LogP contribution in [-0.4, -0.2) is 35.0 Å². The lowest BCUT2D eigenvalue weighted by Gasteiger charge is -2.18. The van der Waals surface area contributed by atoms with Gasteiger partial charge in [-0.1, -0.05) is 6.08 Å². The average molecular weight is 397 g/mol. The number of ether oxygens (including phenoxy) is 1. The van der Waals surface area contributed by atoms with E-state index in [1.165, 1.54) is 5.57 Å². The van der Waals surface area contributed by atoms with Crippen LogP contribution in [0.25, 0.3) is 27.4 Å². The van der Waals surface area contributed by atoms with Gasteiger partial charge in [-0.25, -0.2) is 0 Å². The van der Waals surface area contributed by atoms with E-state index in [1.54, 1.807) is 7.11 Å². The second kappa shape index (κ2) is 7.36. The Kier molecular flexibility index (Phi) is 4.53. The smallest absolute Gasteiger partial charge is 0.124 e. The van der Waals surface area contributed by atoms with Crippen LogP contribution >= 0.6 is 0 Å². The number of nitrogens with zero attached hydrogens (tertiary/aromatic N) is 3.